The number of amides is 2. The number of oxazole rings is 1. The highest BCUT2D eigenvalue weighted by Crippen LogP contribution is 2.55. The Labute approximate surface area is 282 Å². The lowest BCUT2D eigenvalue weighted by atomic mass is 9.59. The smallest absolute Gasteiger partial charge is 0.238 e. The normalized spacial score (nSPS) is 24.8. The predicted molar refractivity (Wildman–Crippen MR) is 178 cm³/mol. The molecule has 48 heavy (non-hydrogen) atoms. The van der Waals surface area contributed by atoms with Gasteiger partial charge in [0, 0.05) is 40.7 Å². The Morgan fingerprint density at radius 3 is 2.56 bits per heavy atom. The Hall–Kier alpha value is -5.35. The van der Waals surface area contributed by atoms with Crippen LogP contribution in [0.1, 0.15) is 18.4 Å². The zero-order valence-corrected chi connectivity index (χ0v) is 26.8. The van der Waals surface area contributed by atoms with Gasteiger partial charge in [-0.3, -0.25) is 24.1 Å². The number of fused-ring (bicyclic) bond motifs is 5. The number of ketones is 2. The molecule has 1 fully saturated rings. The lowest BCUT2D eigenvalue weighted by Gasteiger charge is -2.43. The number of anilines is 1. The molecule has 10 heteroatoms. The van der Waals surface area contributed by atoms with Crippen molar-refractivity contribution in [3.63, 3.8) is 0 Å². The van der Waals surface area contributed by atoms with E-state index in [0.717, 1.165) is 22.2 Å². The van der Waals surface area contributed by atoms with Gasteiger partial charge in [0.25, 0.3) is 0 Å². The molecule has 1 N–H and O–H groups in total. The van der Waals surface area contributed by atoms with Crippen LogP contribution in [0.5, 0.6) is 11.5 Å². The second-order valence-electron chi connectivity index (χ2n) is 12.7. The van der Waals surface area contributed by atoms with Crippen molar-refractivity contribution in [2.75, 3.05) is 4.90 Å². The lowest BCUT2D eigenvalue weighted by molar-refractivity contribution is -0.123. The van der Waals surface area contributed by atoms with E-state index in [-0.39, 0.29) is 40.0 Å². The van der Waals surface area contributed by atoms with Crippen molar-refractivity contribution >= 4 is 56.1 Å². The van der Waals surface area contributed by atoms with E-state index in [0.29, 0.717) is 52.5 Å². The summed E-state index contributed by atoms with van der Waals surface area (Å²) < 4.78 is 12.0. The van der Waals surface area contributed by atoms with E-state index < -0.39 is 23.7 Å². The summed E-state index contributed by atoms with van der Waals surface area (Å²) in [5, 5.41) is 10.2. The summed E-state index contributed by atoms with van der Waals surface area (Å²) in [6, 6.07) is 19.3. The molecular formula is C38H25BrN2O7. The van der Waals surface area contributed by atoms with Crippen LogP contribution in [0.3, 0.4) is 0 Å². The Morgan fingerprint density at radius 1 is 0.938 bits per heavy atom. The predicted octanol–water partition coefficient (Wildman–Crippen LogP) is 6.52. The number of Topliss-reactive ketones (excluding diaryl/α,β-unsaturated/α-hetero) is 1. The number of aromatic hydroxyl groups is 1. The van der Waals surface area contributed by atoms with Gasteiger partial charge < -0.3 is 14.3 Å². The molecule has 0 saturated carbocycles. The van der Waals surface area contributed by atoms with Crippen LogP contribution in [0, 0.1) is 23.7 Å². The van der Waals surface area contributed by atoms with Gasteiger partial charge in [-0.2, -0.15) is 0 Å². The molecule has 3 aromatic carbocycles. The third kappa shape index (κ3) is 4.25. The maximum absolute atomic E-state index is 14.3. The summed E-state index contributed by atoms with van der Waals surface area (Å²) in [7, 11) is 0. The Morgan fingerprint density at radius 2 is 1.75 bits per heavy atom. The first kappa shape index (κ1) is 28.8. The number of aromatic nitrogens is 1. The van der Waals surface area contributed by atoms with Crippen LogP contribution in [0.25, 0.3) is 22.6 Å². The monoisotopic (exact) mass is 700 g/mol. The first-order chi connectivity index (χ1) is 23.3. The van der Waals surface area contributed by atoms with E-state index in [4.69, 9.17) is 9.15 Å². The van der Waals surface area contributed by atoms with E-state index in [1.54, 1.807) is 48.7 Å². The number of carbonyl (C=O) groups is 4. The molecule has 0 spiro atoms. The molecule has 4 unspecified atom stereocenters. The fourth-order valence-electron chi connectivity index (χ4n) is 8.02. The molecule has 4 aromatic rings. The van der Waals surface area contributed by atoms with E-state index in [9.17, 15) is 24.3 Å². The molecule has 0 bridgehead atoms. The first-order valence-electron chi connectivity index (χ1n) is 15.7. The number of para-hydroxylation sites is 2. The van der Waals surface area contributed by atoms with Gasteiger partial charge in [-0.05, 0) is 94.9 Å². The largest absolute Gasteiger partial charge is 0.508 e. The molecule has 9 rings (SSSR count). The quantitative estimate of drug-likeness (QED) is 0.145. The summed E-state index contributed by atoms with van der Waals surface area (Å²) in [5.74, 6) is -2.47. The molecule has 9 nitrogen and oxygen atoms in total. The summed E-state index contributed by atoms with van der Waals surface area (Å²) >= 11 is 3.27. The van der Waals surface area contributed by atoms with Crippen LogP contribution in [-0.4, -0.2) is 33.5 Å². The molecule has 3 aliphatic carbocycles. The second kappa shape index (κ2) is 10.6. The van der Waals surface area contributed by atoms with Crippen molar-refractivity contribution < 1.29 is 33.4 Å². The number of phenols is 1. The van der Waals surface area contributed by atoms with Gasteiger partial charge >= 0.3 is 0 Å². The third-order valence-electron chi connectivity index (χ3n) is 10.1. The van der Waals surface area contributed by atoms with Gasteiger partial charge in [-0.25, -0.2) is 4.98 Å². The number of phenolic OH excluding ortho intramolecular Hbond substituents is 1. The van der Waals surface area contributed by atoms with Gasteiger partial charge in [0.2, 0.25) is 17.7 Å². The van der Waals surface area contributed by atoms with Crippen molar-refractivity contribution in [3.05, 3.63) is 117 Å². The summed E-state index contributed by atoms with van der Waals surface area (Å²) in [6.07, 6.45) is 5.77. The number of halogens is 1. The van der Waals surface area contributed by atoms with Crippen molar-refractivity contribution in [3.8, 4) is 23.0 Å². The molecule has 1 saturated heterocycles. The number of hydrogen-bond donors (Lipinski definition) is 1. The molecule has 2 amide bonds. The number of rotatable bonds is 3. The van der Waals surface area contributed by atoms with E-state index in [2.05, 4.69) is 20.9 Å². The van der Waals surface area contributed by atoms with Gasteiger partial charge in [-0.15, -0.1) is 0 Å². The van der Waals surface area contributed by atoms with Crippen LogP contribution >= 0.6 is 15.9 Å². The first-order valence-corrected chi connectivity index (χ1v) is 16.5. The van der Waals surface area contributed by atoms with E-state index in [1.807, 2.05) is 30.3 Å². The summed E-state index contributed by atoms with van der Waals surface area (Å²) in [5.41, 5.74) is 5.62. The Balaban J connectivity index is 1.07. The number of imide groups is 1. The summed E-state index contributed by atoms with van der Waals surface area (Å²) in [6.45, 7) is 0. The minimum atomic E-state index is -0.709. The zero-order chi connectivity index (χ0) is 32.8. The van der Waals surface area contributed by atoms with Crippen molar-refractivity contribution in [2.45, 2.75) is 19.3 Å². The molecule has 0 radical (unpaired) electrons. The topological polar surface area (TPSA) is 127 Å². The SMILES string of the molecule is O=C1C=C(Br)C(=O)C2=C1C(C1=COc3ccc(O)cc3C1)C1=CCC3C(=O)N(c4ccc(-c5nc6ccccc6o5)cc4)C(=O)C3C1C2. The molecule has 3 heterocycles. The number of hydrogen-bond acceptors (Lipinski definition) is 8. The van der Waals surface area contributed by atoms with E-state index in [1.165, 1.54) is 11.0 Å². The molecule has 2 aliphatic heterocycles. The minimum absolute atomic E-state index is 0.0903. The number of nitrogens with zero attached hydrogens (tertiary/aromatic N) is 2. The van der Waals surface area contributed by atoms with Gasteiger partial charge in [0.15, 0.2) is 17.1 Å². The fraction of sp³-hybridized carbons (Fsp3) is 0.184. The van der Waals surface area contributed by atoms with Crippen LogP contribution in [0.2, 0.25) is 0 Å². The molecular weight excluding hydrogens is 676 g/mol. The number of allylic oxidation sites excluding steroid dienone is 7. The van der Waals surface area contributed by atoms with Crippen molar-refractivity contribution in [2.24, 2.45) is 23.7 Å². The highest BCUT2D eigenvalue weighted by Gasteiger charge is 2.57. The molecule has 4 atom stereocenters. The van der Waals surface area contributed by atoms with Gasteiger partial charge in [-0.1, -0.05) is 23.8 Å². The molecule has 236 valence electrons. The third-order valence-corrected chi connectivity index (χ3v) is 10.7. The summed E-state index contributed by atoms with van der Waals surface area (Å²) in [4.78, 5) is 61.2. The Bertz CT molecular complexity index is 2240. The van der Waals surface area contributed by atoms with Crippen LogP contribution < -0.4 is 9.64 Å². The molecule has 5 aliphatic rings. The number of ether oxygens (including phenoxy) is 1. The van der Waals surface area contributed by atoms with Crippen molar-refractivity contribution in [1.82, 2.24) is 4.98 Å². The van der Waals surface area contributed by atoms with Gasteiger partial charge in [0.1, 0.15) is 17.0 Å². The number of benzene rings is 3. The maximum atomic E-state index is 14.3. The highest BCUT2D eigenvalue weighted by molar-refractivity contribution is 9.12. The second-order valence-corrected chi connectivity index (χ2v) is 13.6. The molecule has 1 aromatic heterocycles. The van der Waals surface area contributed by atoms with E-state index >= 15 is 0 Å². The minimum Gasteiger partial charge on any atom is -0.508 e. The zero-order valence-electron chi connectivity index (χ0n) is 25.2. The average molecular weight is 702 g/mol. The maximum Gasteiger partial charge on any atom is 0.238 e. The Kier molecular flexibility index (Phi) is 6.36. The lowest BCUT2D eigenvalue weighted by Crippen LogP contribution is -2.41. The van der Waals surface area contributed by atoms with Crippen LogP contribution in [0.15, 0.2) is 116 Å². The highest BCUT2D eigenvalue weighted by atomic mass is 79.9. The number of carbonyl (C=O) groups excluding carboxylic acids is 4. The average Bonchev–Trinajstić information content (AvgIpc) is 3.64. The fourth-order valence-corrected chi connectivity index (χ4v) is 8.47. The van der Waals surface area contributed by atoms with Crippen LogP contribution in [0.4, 0.5) is 5.69 Å². The van der Waals surface area contributed by atoms with Gasteiger partial charge in [0.05, 0.1) is 28.3 Å². The standard InChI is InChI=1S/C38H25BrN2O7/c39-27-16-29(43)34-26(35(27)44)15-25-23(32(34)20-13-19-14-22(42)9-12-30(19)47-17-20)10-11-24-33(25)38(46)41(37(24)45)21-7-5-18(6-8-21)36-40-28-3-1-2-4-31(28)48-36/h1-10,12,14,16-17,24-25,32-33,42H,11,13,15H2. The van der Waals surface area contributed by atoms with Crippen molar-refractivity contribution in [1.29, 1.82) is 0 Å². The van der Waals surface area contributed by atoms with Crippen LogP contribution in [-0.2, 0) is 25.6 Å².